The van der Waals surface area contributed by atoms with Gasteiger partial charge in [-0.05, 0) is 24.1 Å². The summed E-state index contributed by atoms with van der Waals surface area (Å²) in [6.45, 7) is 2.52. The lowest BCUT2D eigenvalue weighted by Crippen LogP contribution is -2.52. The van der Waals surface area contributed by atoms with E-state index < -0.39 is 15.7 Å². The Kier molecular flexibility index (Phi) is 5.29. The van der Waals surface area contributed by atoms with Crippen LogP contribution in [0.5, 0.6) is 5.75 Å². The molecule has 8 heteroatoms. The smallest absolute Gasteiger partial charge is 0.227 e. The SMILES string of the molecule is COc1ccc(CC(=O)N2CCN([C@H]3CCS(=O)(=O)C3)CC2)cc1F. The average Bonchev–Trinajstić information content (AvgIpc) is 2.95. The zero-order valence-electron chi connectivity index (χ0n) is 14.3. The molecule has 1 aromatic rings. The maximum Gasteiger partial charge on any atom is 0.227 e. The van der Waals surface area contributed by atoms with Crippen molar-refractivity contribution in [1.82, 2.24) is 9.80 Å². The molecule has 0 N–H and O–H groups in total. The van der Waals surface area contributed by atoms with E-state index in [9.17, 15) is 17.6 Å². The van der Waals surface area contributed by atoms with Gasteiger partial charge in [0, 0.05) is 32.2 Å². The molecule has 6 nitrogen and oxygen atoms in total. The summed E-state index contributed by atoms with van der Waals surface area (Å²) in [5.74, 6) is 0.144. The van der Waals surface area contributed by atoms with Gasteiger partial charge >= 0.3 is 0 Å². The fraction of sp³-hybridized carbons (Fsp3) is 0.588. The van der Waals surface area contributed by atoms with Crippen molar-refractivity contribution in [1.29, 1.82) is 0 Å². The van der Waals surface area contributed by atoms with E-state index in [1.807, 2.05) is 0 Å². The van der Waals surface area contributed by atoms with Gasteiger partial charge < -0.3 is 9.64 Å². The van der Waals surface area contributed by atoms with Crippen LogP contribution in [0.2, 0.25) is 0 Å². The first kappa shape index (κ1) is 18.1. The number of ether oxygens (including phenoxy) is 1. The number of hydrogen-bond acceptors (Lipinski definition) is 5. The molecule has 0 saturated carbocycles. The van der Waals surface area contributed by atoms with Gasteiger partial charge in [-0.2, -0.15) is 0 Å². The molecule has 25 heavy (non-hydrogen) atoms. The van der Waals surface area contributed by atoms with E-state index in [4.69, 9.17) is 4.74 Å². The molecular weight excluding hydrogens is 347 g/mol. The Hall–Kier alpha value is -1.67. The highest BCUT2D eigenvalue weighted by molar-refractivity contribution is 7.91. The summed E-state index contributed by atoms with van der Waals surface area (Å²) in [5.41, 5.74) is 0.618. The number of amides is 1. The van der Waals surface area contributed by atoms with E-state index in [2.05, 4.69) is 4.90 Å². The van der Waals surface area contributed by atoms with Crippen LogP contribution < -0.4 is 4.74 Å². The zero-order chi connectivity index (χ0) is 18.0. The fourth-order valence-electron chi connectivity index (χ4n) is 3.51. The van der Waals surface area contributed by atoms with Gasteiger partial charge in [-0.25, -0.2) is 12.8 Å². The summed E-state index contributed by atoms with van der Waals surface area (Å²) in [7, 11) is -1.49. The quantitative estimate of drug-likeness (QED) is 0.781. The Morgan fingerprint density at radius 1 is 1.28 bits per heavy atom. The minimum atomic E-state index is -2.89. The maximum atomic E-state index is 13.7. The second kappa shape index (κ2) is 7.29. The van der Waals surface area contributed by atoms with Gasteiger partial charge in [-0.1, -0.05) is 6.07 Å². The summed E-state index contributed by atoms with van der Waals surface area (Å²) >= 11 is 0. The monoisotopic (exact) mass is 370 g/mol. The fourth-order valence-corrected chi connectivity index (χ4v) is 5.27. The number of halogens is 1. The van der Waals surface area contributed by atoms with Crippen molar-refractivity contribution in [2.45, 2.75) is 18.9 Å². The van der Waals surface area contributed by atoms with E-state index in [1.54, 1.807) is 11.0 Å². The minimum absolute atomic E-state index is 0.0386. The molecule has 3 rings (SSSR count). The van der Waals surface area contributed by atoms with Gasteiger partial charge in [0.15, 0.2) is 21.4 Å². The van der Waals surface area contributed by atoms with E-state index >= 15 is 0 Å². The lowest BCUT2D eigenvalue weighted by Gasteiger charge is -2.37. The Morgan fingerprint density at radius 2 is 2.00 bits per heavy atom. The predicted molar refractivity (Wildman–Crippen MR) is 91.9 cm³/mol. The summed E-state index contributed by atoms with van der Waals surface area (Å²) in [6.07, 6.45) is 0.833. The van der Waals surface area contributed by atoms with Crippen molar-refractivity contribution in [3.63, 3.8) is 0 Å². The van der Waals surface area contributed by atoms with Crippen LogP contribution >= 0.6 is 0 Å². The van der Waals surface area contributed by atoms with Crippen LogP contribution in [-0.4, -0.2) is 75.0 Å². The van der Waals surface area contributed by atoms with Gasteiger partial charge in [-0.15, -0.1) is 0 Å². The maximum absolute atomic E-state index is 13.7. The van der Waals surface area contributed by atoms with E-state index in [0.717, 1.165) is 0 Å². The molecule has 138 valence electrons. The molecule has 1 amide bonds. The lowest BCUT2D eigenvalue weighted by atomic mass is 10.1. The van der Waals surface area contributed by atoms with Crippen molar-refractivity contribution >= 4 is 15.7 Å². The van der Waals surface area contributed by atoms with Crippen molar-refractivity contribution in [3.8, 4) is 5.75 Å². The molecule has 1 aromatic carbocycles. The normalized spacial score (nSPS) is 23.6. The highest BCUT2D eigenvalue weighted by Crippen LogP contribution is 2.21. The summed E-state index contributed by atoms with van der Waals surface area (Å²) in [6, 6.07) is 4.63. The van der Waals surface area contributed by atoms with Crippen molar-refractivity contribution in [2.75, 3.05) is 44.8 Å². The van der Waals surface area contributed by atoms with Crippen molar-refractivity contribution < 1.29 is 22.3 Å². The lowest BCUT2D eigenvalue weighted by molar-refractivity contribution is -0.132. The molecule has 0 unspecified atom stereocenters. The summed E-state index contributed by atoms with van der Waals surface area (Å²) < 4.78 is 41.8. The van der Waals surface area contributed by atoms with Gasteiger partial charge in [0.2, 0.25) is 5.91 Å². The molecule has 0 spiro atoms. The highest BCUT2D eigenvalue weighted by Gasteiger charge is 2.34. The molecule has 0 radical (unpaired) electrons. The number of carbonyl (C=O) groups is 1. The highest BCUT2D eigenvalue weighted by atomic mass is 32.2. The number of benzene rings is 1. The molecule has 0 aromatic heterocycles. The van der Waals surface area contributed by atoms with Crippen LogP contribution in [0.15, 0.2) is 18.2 Å². The standard InChI is InChI=1S/C17H23FN2O4S/c1-24-16-3-2-13(10-15(16)18)11-17(21)20-7-5-19(6-8-20)14-4-9-25(22,23)12-14/h2-3,10,14H,4-9,11-12H2,1H3/t14-/m0/s1. The average molecular weight is 370 g/mol. The van der Waals surface area contributed by atoms with Crippen LogP contribution in [-0.2, 0) is 21.1 Å². The number of nitrogens with zero attached hydrogens (tertiary/aromatic N) is 2. The molecule has 2 saturated heterocycles. The number of sulfone groups is 1. The number of carbonyl (C=O) groups excluding carboxylic acids is 1. The van der Waals surface area contributed by atoms with Crippen LogP contribution in [0.25, 0.3) is 0 Å². The van der Waals surface area contributed by atoms with E-state index in [-0.39, 0.29) is 35.6 Å². The largest absolute Gasteiger partial charge is 0.494 e. The van der Waals surface area contributed by atoms with Crippen molar-refractivity contribution in [3.05, 3.63) is 29.6 Å². The predicted octanol–water partition coefficient (Wildman–Crippen LogP) is 0.708. The first-order valence-corrected chi connectivity index (χ1v) is 10.2. The molecule has 0 bridgehead atoms. The van der Waals surface area contributed by atoms with Gasteiger partial charge in [0.1, 0.15) is 0 Å². The molecule has 2 fully saturated rings. The van der Waals surface area contributed by atoms with Gasteiger partial charge in [0.05, 0.1) is 25.0 Å². The zero-order valence-corrected chi connectivity index (χ0v) is 15.1. The summed E-state index contributed by atoms with van der Waals surface area (Å²) in [5, 5.41) is 0. The number of hydrogen-bond donors (Lipinski definition) is 0. The Bertz CT molecular complexity index is 745. The minimum Gasteiger partial charge on any atom is -0.494 e. The van der Waals surface area contributed by atoms with Gasteiger partial charge in [-0.3, -0.25) is 9.69 Å². The van der Waals surface area contributed by atoms with E-state index in [0.29, 0.717) is 38.2 Å². The second-order valence-electron chi connectivity index (χ2n) is 6.62. The molecule has 2 aliphatic heterocycles. The van der Waals surface area contributed by atoms with Crippen LogP contribution in [0, 0.1) is 5.82 Å². The third kappa shape index (κ3) is 4.30. The Labute approximate surface area is 147 Å². The first-order chi connectivity index (χ1) is 11.9. The number of rotatable bonds is 4. The third-order valence-electron chi connectivity index (χ3n) is 4.96. The second-order valence-corrected chi connectivity index (χ2v) is 8.85. The number of methoxy groups -OCH3 is 1. The third-order valence-corrected chi connectivity index (χ3v) is 6.71. The van der Waals surface area contributed by atoms with Gasteiger partial charge in [0.25, 0.3) is 0 Å². The topological polar surface area (TPSA) is 66.9 Å². The summed E-state index contributed by atoms with van der Waals surface area (Å²) in [4.78, 5) is 16.4. The van der Waals surface area contributed by atoms with Crippen LogP contribution in [0.1, 0.15) is 12.0 Å². The van der Waals surface area contributed by atoms with E-state index in [1.165, 1.54) is 19.2 Å². The molecular formula is C17H23FN2O4S. The van der Waals surface area contributed by atoms with Crippen molar-refractivity contribution in [2.24, 2.45) is 0 Å². The Morgan fingerprint density at radius 3 is 2.56 bits per heavy atom. The van der Waals surface area contributed by atoms with Crippen LogP contribution in [0.4, 0.5) is 4.39 Å². The molecule has 1 atom stereocenters. The van der Waals surface area contributed by atoms with Crippen LogP contribution in [0.3, 0.4) is 0 Å². The molecule has 2 heterocycles. The molecule has 0 aliphatic carbocycles. The number of piperazine rings is 1. The molecule has 2 aliphatic rings. The Balaban J connectivity index is 1.52. The first-order valence-electron chi connectivity index (χ1n) is 8.42.